The van der Waals surface area contributed by atoms with Crippen molar-refractivity contribution >= 4 is 22.0 Å². The molecule has 1 heterocycles. The molecule has 1 aliphatic rings. The number of benzene rings is 2. The molecule has 3 rings (SSSR count). The van der Waals surface area contributed by atoms with Gasteiger partial charge >= 0.3 is 0 Å². The average Bonchev–Trinajstić information content (AvgIpc) is 2.79. The van der Waals surface area contributed by atoms with Crippen molar-refractivity contribution in [2.24, 2.45) is 0 Å². The van der Waals surface area contributed by atoms with E-state index in [1.54, 1.807) is 11.0 Å². The summed E-state index contributed by atoms with van der Waals surface area (Å²) in [5.74, 6) is 0.0533. The van der Waals surface area contributed by atoms with Crippen molar-refractivity contribution in [1.29, 1.82) is 0 Å². The zero-order valence-electron chi connectivity index (χ0n) is 18.2. The average molecular weight is 444 g/mol. The Bertz CT molecular complexity index is 1030. The van der Waals surface area contributed by atoms with Crippen molar-refractivity contribution in [1.82, 2.24) is 14.1 Å². The molecule has 0 aliphatic carbocycles. The minimum atomic E-state index is -3.73. The van der Waals surface area contributed by atoms with Gasteiger partial charge in [-0.2, -0.15) is 0 Å². The summed E-state index contributed by atoms with van der Waals surface area (Å²) in [5, 5.41) is 0. The number of amides is 1. The van der Waals surface area contributed by atoms with Gasteiger partial charge in [-0.1, -0.05) is 42.5 Å². The maximum atomic E-state index is 13.0. The van der Waals surface area contributed by atoms with E-state index in [1.807, 2.05) is 18.2 Å². The van der Waals surface area contributed by atoms with E-state index < -0.39 is 10.0 Å². The Balaban J connectivity index is 1.63. The largest absolute Gasteiger partial charge is 0.495 e. The second kappa shape index (κ2) is 10.1. The number of piperazine rings is 1. The molecule has 0 N–H and O–H groups in total. The Hall–Kier alpha value is -2.68. The van der Waals surface area contributed by atoms with Crippen LogP contribution in [0.5, 0.6) is 5.75 Å². The predicted molar refractivity (Wildman–Crippen MR) is 122 cm³/mol. The second-order valence-corrected chi connectivity index (χ2v) is 9.68. The maximum absolute atomic E-state index is 13.0. The fourth-order valence-corrected chi connectivity index (χ4v) is 4.50. The summed E-state index contributed by atoms with van der Waals surface area (Å²) in [7, 11) is 0.593. The van der Waals surface area contributed by atoms with Gasteiger partial charge in [0.2, 0.25) is 10.0 Å². The monoisotopic (exact) mass is 443 g/mol. The molecule has 0 bridgehead atoms. The Morgan fingerprint density at radius 3 is 2.35 bits per heavy atom. The van der Waals surface area contributed by atoms with Crippen LogP contribution in [0.3, 0.4) is 0 Å². The molecular weight excluding hydrogens is 414 g/mol. The molecule has 1 saturated heterocycles. The van der Waals surface area contributed by atoms with Crippen LogP contribution in [0.25, 0.3) is 6.08 Å². The lowest BCUT2D eigenvalue weighted by molar-refractivity contribution is 0.0650. The molecule has 0 unspecified atom stereocenters. The number of sulfonamides is 1. The summed E-state index contributed by atoms with van der Waals surface area (Å²) in [4.78, 5) is 17.1. The number of hydrogen-bond acceptors (Lipinski definition) is 5. The molecule has 2 aromatic rings. The van der Waals surface area contributed by atoms with Gasteiger partial charge in [-0.05, 0) is 23.8 Å². The molecule has 1 amide bonds. The summed E-state index contributed by atoms with van der Waals surface area (Å²) in [6.45, 7) is 3.55. The number of ether oxygens (including phenoxy) is 1. The second-order valence-electron chi connectivity index (χ2n) is 7.56. The zero-order chi connectivity index (χ0) is 22.4. The van der Waals surface area contributed by atoms with Crippen LogP contribution in [0, 0.1) is 0 Å². The molecule has 8 heteroatoms. The minimum Gasteiger partial charge on any atom is -0.495 e. The normalized spacial score (nSPS) is 15.5. The summed E-state index contributed by atoms with van der Waals surface area (Å²) in [5.41, 5.74) is 1.51. The van der Waals surface area contributed by atoms with Crippen LogP contribution in [0.2, 0.25) is 0 Å². The van der Waals surface area contributed by atoms with Crippen LogP contribution in [0.4, 0.5) is 0 Å². The third-order valence-corrected chi connectivity index (χ3v) is 7.14. The van der Waals surface area contributed by atoms with Gasteiger partial charge in [0, 0.05) is 52.4 Å². The summed E-state index contributed by atoms with van der Waals surface area (Å²) < 4.78 is 31.5. The van der Waals surface area contributed by atoms with Gasteiger partial charge in [0.25, 0.3) is 5.91 Å². The highest BCUT2D eigenvalue weighted by molar-refractivity contribution is 7.89. The molecule has 2 aromatic carbocycles. The predicted octanol–water partition coefficient (Wildman–Crippen LogP) is 2.42. The Kier molecular flexibility index (Phi) is 7.48. The van der Waals surface area contributed by atoms with Crippen molar-refractivity contribution in [2.75, 3.05) is 53.9 Å². The van der Waals surface area contributed by atoms with Gasteiger partial charge in [0.05, 0.1) is 7.11 Å². The maximum Gasteiger partial charge on any atom is 0.253 e. The number of hydrogen-bond donors (Lipinski definition) is 0. The highest BCUT2D eigenvalue weighted by atomic mass is 32.2. The molecule has 0 saturated carbocycles. The van der Waals surface area contributed by atoms with E-state index in [2.05, 4.69) is 29.2 Å². The van der Waals surface area contributed by atoms with Gasteiger partial charge < -0.3 is 9.64 Å². The van der Waals surface area contributed by atoms with Crippen LogP contribution in [-0.4, -0.2) is 82.4 Å². The van der Waals surface area contributed by atoms with Crippen LogP contribution in [-0.2, 0) is 10.0 Å². The fraction of sp³-hybridized carbons (Fsp3) is 0.348. The van der Waals surface area contributed by atoms with Crippen LogP contribution in [0.1, 0.15) is 15.9 Å². The first-order valence-electron chi connectivity index (χ1n) is 10.2. The summed E-state index contributed by atoms with van der Waals surface area (Å²) in [6.07, 6.45) is 4.23. The number of carbonyl (C=O) groups excluding carboxylic acids is 1. The Labute approximate surface area is 184 Å². The molecule has 0 spiro atoms. The van der Waals surface area contributed by atoms with Crippen LogP contribution >= 0.6 is 0 Å². The molecule has 7 nitrogen and oxygen atoms in total. The summed E-state index contributed by atoms with van der Waals surface area (Å²) >= 11 is 0. The highest BCUT2D eigenvalue weighted by Gasteiger charge is 2.26. The first kappa shape index (κ1) is 23.0. The third-order valence-electron chi connectivity index (χ3n) is 5.30. The lowest BCUT2D eigenvalue weighted by Gasteiger charge is -2.34. The number of nitrogens with zero attached hydrogens (tertiary/aromatic N) is 3. The topological polar surface area (TPSA) is 70.2 Å². The van der Waals surface area contributed by atoms with Crippen molar-refractivity contribution in [3.63, 3.8) is 0 Å². The van der Waals surface area contributed by atoms with Crippen LogP contribution in [0.15, 0.2) is 59.5 Å². The van der Waals surface area contributed by atoms with Crippen molar-refractivity contribution < 1.29 is 17.9 Å². The van der Waals surface area contributed by atoms with Crippen molar-refractivity contribution in [3.8, 4) is 5.75 Å². The molecule has 166 valence electrons. The minimum absolute atomic E-state index is 0.00413. The van der Waals surface area contributed by atoms with Crippen LogP contribution < -0.4 is 4.74 Å². The Morgan fingerprint density at radius 2 is 1.74 bits per heavy atom. The first-order chi connectivity index (χ1) is 14.8. The quantitative estimate of drug-likeness (QED) is 0.657. The zero-order valence-corrected chi connectivity index (χ0v) is 19.0. The van der Waals surface area contributed by atoms with Gasteiger partial charge in [-0.15, -0.1) is 0 Å². The molecular formula is C23H29N3O4S. The third kappa shape index (κ3) is 5.52. The number of rotatable bonds is 7. The van der Waals surface area contributed by atoms with E-state index in [-0.39, 0.29) is 16.6 Å². The SMILES string of the molecule is COc1ccc(C(=O)N2CCN(C/C=C/c3ccccc3)CC2)cc1S(=O)(=O)N(C)C. The molecule has 1 aliphatic heterocycles. The summed E-state index contributed by atoms with van der Waals surface area (Å²) in [6, 6.07) is 14.7. The van der Waals surface area contributed by atoms with E-state index in [0.717, 1.165) is 23.9 Å². The molecule has 0 aromatic heterocycles. The standard InChI is InChI=1S/C23H29N3O4S/c1-24(2)31(28,29)22-18-20(11-12-21(22)30-3)23(27)26-16-14-25(15-17-26)13-7-10-19-8-5-4-6-9-19/h4-12,18H,13-17H2,1-3H3/b10-7+. The van der Waals surface area contributed by atoms with Gasteiger partial charge in [0.15, 0.2) is 0 Å². The van der Waals surface area contributed by atoms with Gasteiger partial charge in [-0.25, -0.2) is 12.7 Å². The van der Waals surface area contributed by atoms with E-state index >= 15 is 0 Å². The molecule has 31 heavy (non-hydrogen) atoms. The van der Waals surface area contributed by atoms with E-state index in [0.29, 0.717) is 18.7 Å². The number of carbonyl (C=O) groups is 1. The lowest BCUT2D eigenvalue weighted by atomic mass is 10.1. The van der Waals surface area contributed by atoms with Crippen molar-refractivity contribution in [2.45, 2.75) is 4.90 Å². The molecule has 0 atom stereocenters. The fourth-order valence-electron chi connectivity index (χ4n) is 3.43. The van der Waals surface area contributed by atoms with E-state index in [4.69, 9.17) is 4.74 Å². The van der Waals surface area contributed by atoms with Crippen molar-refractivity contribution in [3.05, 3.63) is 65.7 Å². The lowest BCUT2D eigenvalue weighted by Crippen LogP contribution is -2.48. The van der Waals surface area contributed by atoms with Gasteiger partial charge in [-0.3, -0.25) is 9.69 Å². The smallest absolute Gasteiger partial charge is 0.253 e. The van der Waals surface area contributed by atoms with Gasteiger partial charge in [0.1, 0.15) is 10.6 Å². The first-order valence-corrected chi connectivity index (χ1v) is 11.6. The Morgan fingerprint density at radius 1 is 1.06 bits per heavy atom. The number of methoxy groups -OCH3 is 1. The molecule has 1 fully saturated rings. The van der Waals surface area contributed by atoms with E-state index in [9.17, 15) is 13.2 Å². The highest BCUT2D eigenvalue weighted by Crippen LogP contribution is 2.27. The molecule has 0 radical (unpaired) electrons. The van der Waals surface area contributed by atoms with E-state index in [1.165, 1.54) is 38.9 Å².